The van der Waals surface area contributed by atoms with Gasteiger partial charge >= 0.3 is 6.03 Å². The van der Waals surface area contributed by atoms with Gasteiger partial charge in [-0.25, -0.2) is 4.79 Å². The highest BCUT2D eigenvalue weighted by molar-refractivity contribution is 5.74. The third-order valence-corrected chi connectivity index (χ3v) is 3.91. The smallest absolute Gasteiger partial charge is 0.317 e. The van der Waals surface area contributed by atoms with Crippen molar-refractivity contribution in [3.8, 4) is 0 Å². The molecule has 5 nitrogen and oxygen atoms in total. The molecule has 5 heteroatoms. The summed E-state index contributed by atoms with van der Waals surface area (Å²) in [4.78, 5) is 16.0. The van der Waals surface area contributed by atoms with E-state index < -0.39 is 5.60 Å². The van der Waals surface area contributed by atoms with Crippen LogP contribution >= 0.6 is 0 Å². The number of hydrogen-bond donors (Lipinski definition) is 2. The Kier molecular flexibility index (Phi) is 5.29. The van der Waals surface area contributed by atoms with E-state index in [1.807, 2.05) is 6.07 Å². The molecule has 0 bridgehead atoms. The number of likely N-dealkylation sites (N-methyl/N-ethyl adjacent to an activating group) is 1. The second-order valence-corrected chi connectivity index (χ2v) is 6.71. The normalized spacial score (nSPS) is 16.5. The van der Waals surface area contributed by atoms with Crippen LogP contribution in [-0.4, -0.2) is 54.4 Å². The summed E-state index contributed by atoms with van der Waals surface area (Å²) in [6, 6.07) is 10.5. The number of carbonyl (C=O) groups excluding carboxylic acids is 1. The van der Waals surface area contributed by atoms with Crippen LogP contribution in [-0.2, 0) is 0 Å². The average Bonchev–Trinajstić information content (AvgIpc) is 2.47. The van der Waals surface area contributed by atoms with Crippen LogP contribution in [0, 0.1) is 0 Å². The lowest BCUT2D eigenvalue weighted by atomic mass is 10.0. The average molecular weight is 305 g/mol. The SMILES string of the molecule is CN(CC(C)(C)O)C(=O)NC1CCN(c2ccccc2)CC1. The Balaban J connectivity index is 1.79. The quantitative estimate of drug-likeness (QED) is 0.895. The van der Waals surface area contributed by atoms with E-state index in [-0.39, 0.29) is 12.1 Å². The molecule has 1 saturated heterocycles. The van der Waals surface area contributed by atoms with Crippen LogP contribution in [0.25, 0.3) is 0 Å². The van der Waals surface area contributed by atoms with Gasteiger partial charge in [-0.2, -0.15) is 0 Å². The molecule has 0 atom stereocenters. The maximum absolute atomic E-state index is 12.1. The molecule has 0 saturated carbocycles. The van der Waals surface area contributed by atoms with Crippen molar-refractivity contribution in [2.75, 3.05) is 31.6 Å². The van der Waals surface area contributed by atoms with Crippen LogP contribution < -0.4 is 10.2 Å². The summed E-state index contributed by atoms with van der Waals surface area (Å²) in [5, 5.41) is 12.8. The minimum atomic E-state index is -0.872. The second-order valence-electron chi connectivity index (χ2n) is 6.71. The van der Waals surface area contributed by atoms with Crippen molar-refractivity contribution in [2.45, 2.75) is 38.3 Å². The number of nitrogens with one attached hydrogen (secondary N) is 1. The number of hydrogen-bond acceptors (Lipinski definition) is 3. The summed E-state index contributed by atoms with van der Waals surface area (Å²) in [6.45, 7) is 5.63. The molecule has 1 heterocycles. The summed E-state index contributed by atoms with van der Waals surface area (Å²) in [7, 11) is 1.71. The molecule has 0 aromatic heterocycles. The van der Waals surface area contributed by atoms with E-state index in [2.05, 4.69) is 34.5 Å². The lowest BCUT2D eigenvalue weighted by Crippen LogP contribution is -2.50. The molecular weight excluding hydrogens is 278 g/mol. The van der Waals surface area contributed by atoms with Crippen molar-refractivity contribution in [1.82, 2.24) is 10.2 Å². The van der Waals surface area contributed by atoms with Crippen molar-refractivity contribution in [3.63, 3.8) is 0 Å². The largest absolute Gasteiger partial charge is 0.389 e. The zero-order valence-corrected chi connectivity index (χ0v) is 13.7. The van der Waals surface area contributed by atoms with Gasteiger partial charge in [-0.15, -0.1) is 0 Å². The lowest BCUT2D eigenvalue weighted by molar-refractivity contribution is 0.0526. The minimum absolute atomic E-state index is 0.111. The first-order valence-electron chi connectivity index (χ1n) is 7.89. The molecule has 2 amide bonds. The van der Waals surface area contributed by atoms with E-state index in [1.165, 1.54) is 5.69 Å². The molecule has 0 spiro atoms. The monoisotopic (exact) mass is 305 g/mol. The Morgan fingerprint density at radius 2 is 1.91 bits per heavy atom. The number of urea groups is 1. The van der Waals surface area contributed by atoms with Crippen LogP contribution in [0.15, 0.2) is 30.3 Å². The standard InChI is InChI=1S/C17H27N3O2/c1-17(2,22)13-19(3)16(21)18-14-9-11-20(12-10-14)15-7-5-4-6-8-15/h4-8,14,22H,9-13H2,1-3H3,(H,18,21). The number of anilines is 1. The fourth-order valence-electron chi connectivity index (χ4n) is 2.86. The molecule has 122 valence electrons. The van der Waals surface area contributed by atoms with Crippen molar-refractivity contribution in [2.24, 2.45) is 0 Å². The van der Waals surface area contributed by atoms with E-state index in [9.17, 15) is 9.90 Å². The minimum Gasteiger partial charge on any atom is -0.389 e. The highest BCUT2D eigenvalue weighted by Gasteiger charge is 2.24. The number of benzene rings is 1. The molecule has 0 radical (unpaired) electrons. The van der Waals surface area contributed by atoms with Gasteiger partial charge in [0, 0.05) is 31.9 Å². The van der Waals surface area contributed by atoms with Crippen LogP contribution in [0.3, 0.4) is 0 Å². The van der Waals surface area contributed by atoms with Gasteiger partial charge in [0.15, 0.2) is 0 Å². The number of amides is 2. The number of aliphatic hydroxyl groups is 1. The zero-order chi connectivity index (χ0) is 16.2. The maximum atomic E-state index is 12.1. The first-order chi connectivity index (χ1) is 10.3. The molecule has 2 rings (SSSR count). The van der Waals surface area contributed by atoms with Gasteiger partial charge in [0.25, 0.3) is 0 Å². The molecular formula is C17H27N3O2. The van der Waals surface area contributed by atoms with Crippen molar-refractivity contribution in [1.29, 1.82) is 0 Å². The van der Waals surface area contributed by atoms with E-state index in [0.29, 0.717) is 6.54 Å². The van der Waals surface area contributed by atoms with Crippen LogP contribution in [0.2, 0.25) is 0 Å². The summed E-state index contributed by atoms with van der Waals surface area (Å²) in [5.74, 6) is 0. The highest BCUT2D eigenvalue weighted by Crippen LogP contribution is 2.19. The van der Waals surface area contributed by atoms with E-state index in [1.54, 1.807) is 25.8 Å². The van der Waals surface area contributed by atoms with Gasteiger partial charge in [-0.05, 0) is 38.8 Å². The van der Waals surface area contributed by atoms with Gasteiger partial charge < -0.3 is 20.2 Å². The number of para-hydroxylation sites is 1. The summed E-state index contributed by atoms with van der Waals surface area (Å²) in [6.07, 6.45) is 1.88. The third-order valence-electron chi connectivity index (χ3n) is 3.91. The predicted molar refractivity (Wildman–Crippen MR) is 89.1 cm³/mol. The fraction of sp³-hybridized carbons (Fsp3) is 0.588. The van der Waals surface area contributed by atoms with Gasteiger partial charge in [0.1, 0.15) is 0 Å². The maximum Gasteiger partial charge on any atom is 0.317 e. The van der Waals surface area contributed by atoms with Crippen molar-refractivity contribution < 1.29 is 9.90 Å². The Labute approximate surface area is 132 Å². The summed E-state index contributed by atoms with van der Waals surface area (Å²) < 4.78 is 0. The molecule has 1 aromatic rings. The summed E-state index contributed by atoms with van der Waals surface area (Å²) in [5.41, 5.74) is 0.370. The molecule has 1 aliphatic heterocycles. The Morgan fingerprint density at radius 1 is 1.32 bits per heavy atom. The van der Waals surface area contributed by atoms with E-state index in [0.717, 1.165) is 25.9 Å². The van der Waals surface area contributed by atoms with E-state index >= 15 is 0 Å². The Hall–Kier alpha value is -1.75. The summed E-state index contributed by atoms with van der Waals surface area (Å²) >= 11 is 0. The van der Waals surface area contributed by atoms with Gasteiger partial charge in [-0.1, -0.05) is 18.2 Å². The molecule has 2 N–H and O–H groups in total. The molecule has 1 fully saturated rings. The Bertz CT molecular complexity index is 476. The number of nitrogens with zero attached hydrogens (tertiary/aromatic N) is 2. The first kappa shape index (κ1) is 16.6. The van der Waals surface area contributed by atoms with Crippen LogP contribution in [0.4, 0.5) is 10.5 Å². The molecule has 0 unspecified atom stereocenters. The van der Waals surface area contributed by atoms with Gasteiger partial charge in [0.2, 0.25) is 0 Å². The number of carbonyl (C=O) groups is 1. The second kappa shape index (κ2) is 7.01. The van der Waals surface area contributed by atoms with Crippen molar-refractivity contribution >= 4 is 11.7 Å². The molecule has 1 aromatic carbocycles. The third kappa shape index (κ3) is 4.91. The lowest BCUT2D eigenvalue weighted by Gasteiger charge is -2.35. The van der Waals surface area contributed by atoms with Gasteiger partial charge in [0.05, 0.1) is 12.1 Å². The number of rotatable bonds is 4. The fourth-order valence-corrected chi connectivity index (χ4v) is 2.86. The van der Waals surface area contributed by atoms with Crippen LogP contribution in [0.1, 0.15) is 26.7 Å². The van der Waals surface area contributed by atoms with E-state index in [4.69, 9.17) is 0 Å². The highest BCUT2D eigenvalue weighted by atomic mass is 16.3. The predicted octanol–water partition coefficient (Wildman–Crippen LogP) is 2.07. The molecule has 0 aliphatic carbocycles. The zero-order valence-electron chi connectivity index (χ0n) is 13.7. The topological polar surface area (TPSA) is 55.8 Å². The van der Waals surface area contributed by atoms with Crippen LogP contribution in [0.5, 0.6) is 0 Å². The first-order valence-corrected chi connectivity index (χ1v) is 7.89. The van der Waals surface area contributed by atoms with Gasteiger partial charge in [-0.3, -0.25) is 0 Å². The molecule has 1 aliphatic rings. The Morgan fingerprint density at radius 3 is 2.45 bits per heavy atom. The molecule has 22 heavy (non-hydrogen) atoms. The van der Waals surface area contributed by atoms with Crippen molar-refractivity contribution in [3.05, 3.63) is 30.3 Å². The number of piperidine rings is 1.